The van der Waals surface area contributed by atoms with Crippen LogP contribution < -0.4 is 16.2 Å². The fraction of sp³-hybridized carbons (Fsp3) is 0.231. The number of thiocarbonyl (C=S) groups is 1. The molecule has 0 aliphatic carbocycles. The van der Waals surface area contributed by atoms with Crippen molar-refractivity contribution >= 4 is 58.2 Å². The Morgan fingerprint density at radius 1 is 1.33 bits per heavy atom. The van der Waals surface area contributed by atoms with E-state index in [2.05, 4.69) is 22.7 Å². The topological polar surface area (TPSA) is 53.2 Å². The molecule has 1 rings (SSSR count). The van der Waals surface area contributed by atoms with E-state index in [4.69, 9.17) is 35.4 Å². The smallest absolute Gasteiger partial charge is 0.248 e. The van der Waals surface area contributed by atoms with E-state index in [1.54, 1.807) is 18.2 Å². The Balaban J connectivity index is 2.22. The average Bonchev–Trinajstić information content (AvgIpc) is 2.46. The number of thioether (sulfide) groups is 1. The van der Waals surface area contributed by atoms with E-state index >= 15 is 0 Å². The molecule has 0 aliphatic heterocycles. The van der Waals surface area contributed by atoms with Crippen LogP contribution >= 0.6 is 47.2 Å². The average molecular weight is 364 g/mol. The molecule has 0 saturated heterocycles. The van der Waals surface area contributed by atoms with Gasteiger partial charge in [0.05, 0.1) is 15.8 Å². The van der Waals surface area contributed by atoms with Gasteiger partial charge in [0, 0.05) is 12.3 Å². The third-order valence-corrected chi connectivity index (χ3v) is 4.20. The summed E-state index contributed by atoms with van der Waals surface area (Å²) < 4.78 is 0. The van der Waals surface area contributed by atoms with Gasteiger partial charge in [-0.3, -0.25) is 15.6 Å². The summed E-state index contributed by atoms with van der Waals surface area (Å²) in [6.45, 7) is 4.09. The molecule has 0 bridgehead atoms. The maximum Gasteiger partial charge on any atom is 0.248 e. The van der Waals surface area contributed by atoms with Crippen LogP contribution in [0.2, 0.25) is 10.0 Å². The molecule has 1 amide bonds. The zero-order valence-electron chi connectivity index (χ0n) is 11.1. The maximum atomic E-state index is 11.6. The first-order chi connectivity index (χ1) is 10.0. The number of carbonyl (C=O) groups is 1. The molecular weight excluding hydrogens is 349 g/mol. The summed E-state index contributed by atoms with van der Waals surface area (Å²) >= 11 is 18.2. The highest BCUT2D eigenvalue weighted by molar-refractivity contribution is 7.99. The molecule has 0 fully saturated rings. The first-order valence-electron chi connectivity index (χ1n) is 5.98. The molecule has 0 unspecified atom stereocenters. The predicted octanol–water partition coefficient (Wildman–Crippen LogP) is 2.91. The summed E-state index contributed by atoms with van der Waals surface area (Å²) in [5.41, 5.74) is 6.12. The Bertz CT molecular complexity index is 526. The van der Waals surface area contributed by atoms with E-state index in [1.165, 1.54) is 11.8 Å². The standard InChI is InChI=1S/C13H15Cl2N3OS2/c1-2-5-16-13(20)18-17-12(19)8-21-7-9-3-4-10(14)11(15)6-9/h2-4,6H,1,5,7-8H2,(H,17,19)(H2,16,18,20). The molecular formula is C13H15Cl2N3OS2. The van der Waals surface area contributed by atoms with Gasteiger partial charge in [0.25, 0.3) is 0 Å². The van der Waals surface area contributed by atoms with Crippen LogP contribution in [0.3, 0.4) is 0 Å². The van der Waals surface area contributed by atoms with Crippen LogP contribution in [0.25, 0.3) is 0 Å². The minimum Gasteiger partial charge on any atom is -0.358 e. The van der Waals surface area contributed by atoms with Crippen molar-refractivity contribution in [2.24, 2.45) is 0 Å². The van der Waals surface area contributed by atoms with Gasteiger partial charge < -0.3 is 5.32 Å². The van der Waals surface area contributed by atoms with Gasteiger partial charge in [0.1, 0.15) is 0 Å². The van der Waals surface area contributed by atoms with E-state index in [1.807, 2.05) is 6.07 Å². The fourth-order valence-electron chi connectivity index (χ4n) is 1.26. The van der Waals surface area contributed by atoms with E-state index in [0.29, 0.717) is 33.2 Å². The molecule has 0 atom stereocenters. The molecule has 8 heteroatoms. The molecule has 3 N–H and O–H groups in total. The van der Waals surface area contributed by atoms with Gasteiger partial charge in [-0.25, -0.2) is 0 Å². The monoisotopic (exact) mass is 363 g/mol. The lowest BCUT2D eigenvalue weighted by atomic mass is 10.2. The molecule has 4 nitrogen and oxygen atoms in total. The molecule has 0 spiro atoms. The van der Waals surface area contributed by atoms with Crippen molar-refractivity contribution in [2.75, 3.05) is 12.3 Å². The first-order valence-corrected chi connectivity index (χ1v) is 8.30. The van der Waals surface area contributed by atoms with Gasteiger partial charge in [-0.2, -0.15) is 0 Å². The Hall–Kier alpha value is -0.950. The molecule has 1 aromatic rings. The lowest BCUT2D eigenvalue weighted by molar-refractivity contribution is -0.119. The van der Waals surface area contributed by atoms with E-state index < -0.39 is 0 Å². The third-order valence-electron chi connectivity index (χ3n) is 2.21. The highest BCUT2D eigenvalue weighted by atomic mass is 35.5. The number of rotatable bonds is 6. The summed E-state index contributed by atoms with van der Waals surface area (Å²) in [5, 5.41) is 4.21. The van der Waals surface area contributed by atoms with Gasteiger partial charge in [-0.05, 0) is 29.9 Å². The molecule has 0 heterocycles. The van der Waals surface area contributed by atoms with E-state index in [-0.39, 0.29) is 5.91 Å². The lowest BCUT2D eigenvalue weighted by Gasteiger charge is -2.10. The highest BCUT2D eigenvalue weighted by Crippen LogP contribution is 2.24. The second kappa shape index (κ2) is 9.89. The van der Waals surface area contributed by atoms with Crippen molar-refractivity contribution in [3.05, 3.63) is 46.5 Å². The predicted molar refractivity (Wildman–Crippen MR) is 94.7 cm³/mol. The normalized spacial score (nSPS) is 9.81. The molecule has 114 valence electrons. The summed E-state index contributed by atoms with van der Waals surface area (Å²) in [6, 6.07) is 5.41. The number of carbonyl (C=O) groups excluding carboxylic acids is 1. The molecule has 0 saturated carbocycles. The maximum absolute atomic E-state index is 11.6. The fourth-order valence-corrected chi connectivity index (χ4v) is 2.49. The molecule has 0 aromatic heterocycles. The Morgan fingerprint density at radius 3 is 2.76 bits per heavy atom. The summed E-state index contributed by atoms with van der Waals surface area (Å²) in [7, 11) is 0. The van der Waals surface area contributed by atoms with Crippen LogP contribution in [0.5, 0.6) is 0 Å². The number of amides is 1. The lowest BCUT2D eigenvalue weighted by Crippen LogP contribution is -2.47. The van der Waals surface area contributed by atoms with Crippen LogP contribution in [0.1, 0.15) is 5.56 Å². The Kier molecular flexibility index (Phi) is 8.52. The Morgan fingerprint density at radius 2 is 2.10 bits per heavy atom. The van der Waals surface area contributed by atoms with Crippen LogP contribution in [-0.4, -0.2) is 23.3 Å². The van der Waals surface area contributed by atoms with Crippen LogP contribution in [0, 0.1) is 0 Å². The molecule has 1 aromatic carbocycles. The zero-order valence-corrected chi connectivity index (χ0v) is 14.3. The number of benzene rings is 1. The molecule has 21 heavy (non-hydrogen) atoms. The summed E-state index contributed by atoms with van der Waals surface area (Å²) in [5.74, 6) is 0.809. The third kappa shape index (κ3) is 7.57. The highest BCUT2D eigenvalue weighted by Gasteiger charge is 2.04. The van der Waals surface area contributed by atoms with Crippen LogP contribution in [-0.2, 0) is 10.5 Å². The summed E-state index contributed by atoms with van der Waals surface area (Å²) in [4.78, 5) is 11.6. The van der Waals surface area contributed by atoms with Crippen molar-refractivity contribution in [2.45, 2.75) is 5.75 Å². The van der Waals surface area contributed by atoms with Crippen molar-refractivity contribution in [1.29, 1.82) is 0 Å². The molecule has 0 aliphatic rings. The van der Waals surface area contributed by atoms with Crippen molar-refractivity contribution in [3.8, 4) is 0 Å². The van der Waals surface area contributed by atoms with E-state index in [9.17, 15) is 4.79 Å². The number of hydrogen-bond acceptors (Lipinski definition) is 3. The minimum absolute atomic E-state index is 0.164. The second-order valence-electron chi connectivity index (χ2n) is 3.91. The number of hydrazine groups is 1. The van der Waals surface area contributed by atoms with Crippen LogP contribution in [0.4, 0.5) is 0 Å². The van der Waals surface area contributed by atoms with Crippen molar-refractivity contribution < 1.29 is 4.79 Å². The Labute approximate surface area is 143 Å². The van der Waals surface area contributed by atoms with Gasteiger partial charge >= 0.3 is 0 Å². The van der Waals surface area contributed by atoms with Crippen molar-refractivity contribution in [3.63, 3.8) is 0 Å². The SMILES string of the molecule is C=CCNC(=S)NNC(=O)CSCc1ccc(Cl)c(Cl)c1. The van der Waals surface area contributed by atoms with Gasteiger partial charge in [-0.15, -0.1) is 18.3 Å². The van der Waals surface area contributed by atoms with Gasteiger partial charge in [0.2, 0.25) is 5.91 Å². The largest absolute Gasteiger partial charge is 0.358 e. The molecule has 0 radical (unpaired) electrons. The zero-order chi connectivity index (χ0) is 15.7. The quantitative estimate of drug-likeness (QED) is 0.412. The van der Waals surface area contributed by atoms with Gasteiger partial charge in [0.15, 0.2) is 5.11 Å². The second-order valence-corrected chi connectivity index (χ2v) is 6.12. The summed E-state index contributed by atoms with van der Waals surface area (Å²) in [6.07, 6.45) is 1.67. The first kappa shape index (κ1) is 18.1. The van der Waals surface area contributed by atoms with Crippen LogP contribution in [0.15, 0.2) is 30.9 Å². The number of halogens is 2. The van der Waals surface area contributed by atoms with E-state index in [0.717, 1.165) is 5.56 Å². The minimum atomic E-state index is -0.164. The number of nitrogens with one attached hydrogen (secondary N) is 3. The van der Waals surface area contributed by atoms with Gasteiger partial charge in [-0.1, -0.05) is 35.3 Å². The van der Waals surface area contributed by atoms with Crippen molar-refractivity contribution in [1.82, 2.24) is 16.2 Å². The number of hydrogen-bond donors (Lipinski definition) is 3.